The molecule has 0 spiro atoms. The molecule has 3 heteroatoms. The van der Waals surface area contributed by atoms with Crippen LogP contribution in [0.2, 0.25) is 10.0 Å². The second-order valence-electron chi connectivity index (χ2n) is 4.38. The van der Waals surface area contributed by atoms with Gasteiger partial charge in [-0.05, 0) is 19.1 Å². The van der Waals surface area contributed by atoms with Gasteiger partial charge >= 0.3 is 0 Å². The van der Waals surface area contributed by atoms with Crippen LogP contribution in [0.4, 0.5) is 0 Å². The first-order valence-electron chi connectivity index (χ1n) is 5.99. The van der Waals surface area contributed by atoms with E-state index in [4.69, 9.17) is 23.2 Å². The molecule has 1 nitrogen and oxygen atoms in total. The molecule has 94 valence electrons. The predicted molar refractivity (Wildman–Crippen MR) is 76.9 cm³/mol. The molecule has 0 unspecified atom stereocenters. The molecule has 0 saturated heterocycles. The lowest BCUT2D eigenvalue weighted by Gasteiger charge is -2.13. The molecule has 0 radical (unpaired) electrons. The van der Waals surface area contributed by atoms with Crippen LogP contribution in [-0.4, -0.2) is 0 Å². The van der Waals surface area contributed by atoms with Crippen molar-refractivity contribution in [1.82, 2.24) is 0 Å². The van der Waals surface area contributed by atoms with Crippen LogP contribution >= 0.6 is 23.2 Å². The number of hydrogen-bond acceptors (Lipinski definition) is 0. The highest BCUT2D eigenvalue weighted by Gasteiger charge is 2.12. The Bertz CT molecular complexity index is 511. The topological polar surface area (TPSA) is 16.6 Å². The molecule has 2 rings (SSSR count). The van der Waals surface area contributed by atoms with Crippen LogP contribution in [0.5, 0.6) is 0 Å². The second kappa shape index (κ2) is 6.24. The van der Waals surface area contributed by atoms with Crippen molar-refractivity contribution in [3.8, 4) is 0 Å². The highest BCUT2D eigenvalue weighted by molar-refractivity contribution is 6.35. The van der Waals surface area contributed by atoms with Gasteiger partial charge in [0.15, 0.2) is 0 Å². The van der Waals surface area contributed by atoms with E-state index in [1.807, 2.05) is 18.2 Å². The highest BCUT2D eigenvalue weighted by Crippen LogP contribution is 2.24. The van der Waals surface area contributed by atoms with E-state index in [0.717, 1.165) is 17.1 Å². The molecule has 2 aromatic rings. The van der Waals surface area contributed by atoms with Crippen molar-refractivity contribution in [3.63, 3.8) is 0 Å². The van der Waals surface area contributed by atoms with Crippen molar-refractivity contribution in [2.24, 2.45) is 0 Å². The Balaban J connectivity index is 2.01. The van der Waals surface area contributed by atoms with E-state index in [0.29, 0.717) is 11.1 Å². The predicted octanol–water partition coefficient (Wildman–Crippen LogP) is 3.82. The first-order chi connectivity index (χ1) is 8.66. The van der Waals surface area contributed by atoms with Gasteiger partial charge in [0.05, 0.1) is 5.02 Å². The van der Waals surface area contributed by atoms with Crippen molar-refractivity contribution in [2.45, 2.75) is 19.5 Å². The van der Waals surface area contributed by atoms with E-state index < -0.39 is 0 Å². The molecule has 0 bridgehead atoms. The fourth-order valence-electron chi connectivity index (χ4n) is 1.92. The van der Waals surface area contributed by atoms with Gasteiger partial charge in [-0.1, -0.05) is 59.6 Å². The van der Waals surface area contributed by atoms with Gasteiger partial charge in [-0.2, -0.15) is 0 Å². The van der Waals surface area contributed by atoms with Crippen molar-refractivity contribution in [3.05, 3.63) is 69.7 Å². The Labute approximate surface area is 118 Å². The van der Waals surface area contributed by atoms with E-state index in [1.54, 1.807) is 6.07 Å². The van der Waals surface area contributed by atoms with Gasteiger partial charge in [0.1, 0.15) is 12.6 Å². The molecule has 0 heterocycles. The van der Waals surface area contributed by atoms with E-state index in [1.165, 1.54) is 5.56 Å². The normalized spacial score (nSPS) is 12.4. The van der Waals surface area contributed by atoms with Crippen LogP contribution in [0.15, 0.2) is 48.5 Å². The van der Waals surface area contributed by atoms with Gasteiger partial charge in [0.25, 0.3) is 0 Å². The van der Waals surface area contributed by atoms with E-state index in [-0.39, 0.29) is 0 Å². The first kappa shape index (κ1) is 13.4. The van der Waals surface area contributed by atoms with E-state index in [9.17, 15) is 0 Å². The number of benzene rings is 2. The van der Waals surface area contributed by atoms with E-state index in [2.05, 4.69) is 36.5 Å². The lowest BCUT2D eigenvalue weighted by atomic mass is 10.1. The number of halogens is 2. The monoisotopic (exact) mass is 280 g/mol. The Morgan fingerprint density at radius 2 is 1.78 bits per heavy atom. The summed E-state index contributed by atoms with van der Waals surface area (Å²) in [6, 6.07) is 16.4. The summed E-state index contributed by atoms with van der Waals surface area (Å²) in [6.45, 7) is 3.10. The number of nitrogens with two attached hydrogens (primary N) is 1. The molecule has 1 atom stereocenters. The molecule has 0 fully saturated rings. The fourth-order valence-corrected chi connectivity index (χ4v) is 2.51. The average molecular weight is 281 g/mol. The van der Waals surface area contributed by atoms with Crippen LogP contribution in [0.25, 0.3) is 0 Å². The van der Waals surface area contributed by atoms with Crippen LogP contribution in [0.3, 0.4) is 0 Å². The lowest BCUT2D eigenvalue weighted by molar-refractivity contribution is -0.707. The molecular formula is C15H16Cl2N+. The summed E-state index contributed by atoms with van der Waals surface area (Å²) < 4.78 is 0. The molecule has 0 aromatic heterocycles. The third kappa shape index (κ3) is 3.49. The highest BCUT2D eigenvalue weighted by atomic mass is 35.5. The summed E-state index contributed by atoms with van der Waals surface area (Å²) in [7, 11) is 0. The van der Waals surface area contributed by atoms with E-state index >= 15 is 0 Å². The maximum atomic E-state index is 6.20. The molecule has 0 aliphatic heterocycles. The summed E-state index contributed by atoms with van der Waals surface area (Å²) in [5, 5.41) is 3.68. The summed E-state index contributed by atoms with van der Waals surface area (Å²) >= 11 is 12.1. The zero-order valence-corrected chi connectivity index (χ0v) is 11.7. The van der Waals surface area contributed by atoms with Gasteiger partial charge in [-0.3, -0.25) is 0 Å². The van der Waals surface area contributed by atoms with Crippen LogP contribution in [0, 0.1) is 0 Å². The van der Waals surface area contributed by atoms with Gasteiger partial charge in [-0.15, -0.1) is 0 Å². The van der Waals surface area contributed by atoms with Gasteiger partial charge < -0.3 is 5.32 Å². The van der Waals surface area contributed by atoms with Gasteiger partial charge in [-0.25, -0.2) is 0 Å². The second-order valence-corrected chi connectivity index (χ2v) is 5.22. The third-order valence-electron chi connectivity index (χ3n) is 3.00. The summed E-state index contributed by atoms with van der Waals surface area (Å²) in [5.74, 6) is 0. The Morgan fingerprint density at radius 1 is 1.06 bits per heavy atom. The van der Waals surface area contributed by atoms with Crippen molar-refractivity contribution in [1.29, 1.82) is 0 Å². The molecule has 0 aliphatic rings. The molecule has 0 amide bonds. The Morgan fingerprint density at radius 3 is 2.44 bits per heavy atom. The van der Waals surface area contributed by atoms with Crippen molar-refractivity contribution in [2.75, 3.05) is 0 Å². The smallest absolute Gasteiger partial charge is 0.110 e. The van der Waals surface area contributed by atoms with Crippen LogP contribution in [-0.2, 0) is 6.54 Å². The van der Waals surface area contributed by atoms with Gasteiger partial charge in [0, 0.05) is 16.1 Å². The fraction of sp³-hybridized carbons (Fsp3) is 0.200. The minimum absolute atomic E-state index is 0.315. The number of rotatable bonds is 4. The Hall–Kier alpha value is -1.02. The summed E-state index contributed by atoms with van der Waals surface area (Å²) in [4.78, 5) is 0. The summed E-state index contributed by atoms with van der Waals surface area (Å²) in [5.41, 5.74) is 2.44. The van der Waals surface area contributed by atoms with Crippen molar-refractivity contribution < 1.29 is 5.32 Å². The zero-order valence-electron chi connectivity index (χ0n) is 10.2. The number of hydrogen-bond donors (Lipinski definition) is 1. The third-order valence-corrected chi connectivity index (χ3v) is 3.57. The molecule has 18 heavy (non-hydrogen) atoms. The minimum atomic E-state index is 0.315. The zero-order chi connectivity index (χ0) is 13.0. The summed E-state index contributed by atoms with van der Waals surface area (Å²) in [6.07, 6.45) is 0. The largest absolute Gasteiger partial charge is 0.337 e. The first-order valence-corrected chi connectivity index (χ1v) is 6.74. The molecule has 2 N–H and O–H groups in total. The average Bonchev–Trinajstić information content (AvgIpc) is 2.37. The van der Waals surface area contributed by atoms with Crippen LogP contribution < -0.4 is 5.32 Å². The minimum Gasteiger partial charge on any atom is -0.337 e. The number of quaternary nitrogens is 1. The van der Waals surface area contributed by atoms with Crippen LogP contribution in [0.1, 0.15) is 24.1 Å². The quantitative estimate of drug-likeness (QED) is 0.877. The maximum Gasteiger partial charge on any atom is 0.110 e. The molecular weight excluding hydrogens is 265 g/mol. The SMILES string of the molecule is C[C@@H]([NH2+]Cc1ccccc1)c1ccc(Cl)cc1Cl. The Kier molecular flexibility index (Phi) is 4.65. The van der Waals surface area contributed by atoms with Gasteiger partial charge in [0.2, 0.25) is 0 Å². The molecule has 0 saturated carbocycles. The molecule has 0 aliphatic carbocycles. The maximum absolute atomic E-state index is 6.20. The molecule has 2 aromatic carbocycles. The van der Waals surface area contributed by atoms with Crippen molar-refractivity contribution >= 4 is 23.2 Å². The lowest BCUT2D eigenvalue weighted by Crippen LogP contribution is -2.83. The standard InChI is InChI=1S/C15H15Cl2N/c1-11(14-8-7-13(16)9-15(14)17)18-10-12-5-3-2-4-6-12/h2-9,11,18H,10H2,1H3/p+1/t11-/m1/s1.